The van der Waals surface area contributed by atoms with E-state index in [1.807, 2.05) is 0 Å². The Hall–Kier alpha value is -1.10. The molecule has 0 bridgehead atoms. The van der Waals surface area contributed by atoms with Crippen LogP contribution in [0.1, 0.15) is 31.2 Å². The van der Waals surface area contributed by atoms with Gasteiger partial charge in [-0.1, -0.05) is 6.07 Å². The lowest BCUT2D eigenvalue weighted by Gasteiger charge is -2.31. The maximum Gasteiger partial charge on any atom is 0.248 e. The lowest BCUT2D eigenvalue weighted by Crippen LogP contribution is -2.32. The van der Waals surface area contributed by atoms with E-state index < -0.39 is 23.7 Å². The summed E-state index contributed by atoms with van der Waals surface area (Å²) in [5.41, 5.74) is 0.214. The molecular weight excluding hydrogens is 260 g/mol. The Morgan fingerprint density at radius 3 is 2.42 bits per heavy atom. The van der Waals surface area contributed by atoms with E-state index in [4.69, 9.17) is 0 Å². The van der Waals surface area contributed by atoms with Crippen LogP contribution >= 0.6 is 0 Å². The van der Waals surface area contributed by atoms with E-state index in [2.05, 4.69) is 0 Å². The Bertz CT molecular complexity index is 437. The van der Waals surface area contributed by atoms with Gasteiger partial charge in [-0.3, -0.25) is 0 Å². The van der Waals surface area contributed by atoms with Gasteiger partial charge in [0, 0.05) is 25.3 Å². The molecule has 0 heterocycles. The molecule has 1 N–H and O–H groups in total. The van der Waals surface area contributed by atoms with Crippen LogP contribution in [0.5, 0.6) is 0 Å². The monoisotopic (exact) mass is 276 g/mol. The first-order valence-corrected chi connectivity index (χ1v) is 6.37. The van der Waals surface area contributed by atoms with Gasteiger partial charge in [0.2, 0.25) is 5.92 Å². The van der Waals surface area contributed by atoms with E-state index in [9.17, 15) is 22.7 Å². The second-order valence-corrected chi connectivity index (χ2v) is 5.20. The summed E-state index contributed by atoms with van der Waals surface area (Å²) in [5.74, 6) is -4.27. The average molecular weight is 276 g/mol. The molecule has 1 aromatic carbocycles. The summed E-state index contributed by atoms with van der Waals surface area (Å²) in [6.45, 7) is 0. The van der Waals surface area contributed by atoms with Crippen LogP contribution in [-0.4, -0.2) is 17.1 Å². The molecule has 0 aromatic heterocycles. The fraction of sp³-hybridized carbons (Fsp3) is 0.571. The first kappa shape index (κ1) is 14.3. The molecule has 19 heavy (non-hydrogen) atoms. The third-order valence-electron chi connectivity index (χ3n) is 3.75. The number of rotatable bonds is 3. The van der Waals surface area contributed by atoms with Crippen LogP contribution < -0.4 is 0 Å². The molecule has 0 amide bonds. The molecule has 1 fully saturated rings. The Labute approximate surface area is 109 Å². The molecule has 2 rings (SSSR count). The van der Waals surface area contributed by atoms with Gasteiger partial charge < -0.3 is 5.11 Å². The minimum atomic E-state index is -2.64. The van der Waals surface area contributed by atoms with Crippen molar-refractivity contribution in [1.82, 2.24) is 0 Å². The first-order valence-electron chi connectivity index (χ1n) is 6.37. The number of aliphatic hydroxyl groups is 1. The average Bonchev–Trinajstić information content (AvgIpc) is 2.32. The summed E-state index contributed by atoms with van der Waals surface area (Å²) >= 11 is 0. The third kappa shape index (κ3) is 3.69. The van der Waals surface area contributed by atoms with Gasteiger partial charge in [-0.25, -0.2) is 17.6 Å². The maximum atomic E-state index is 13.4. The van der Waals surface area contributed by atoms with Crippen LogP contribution in [0.4, 0.5) is 17.6 Å². The molecule has 106 valence electrons. The summed E-state index contributed by atoms with van der Waals surface area (Å²) in [4.78, 5) is 0. The van der Waals surface area contributed by atoms with Gasteiger partial charge in [0.25, 0.3) is 0 Å². The lowest BCUT2D eigenvalue weighted by molar-refractivity contribution is -0.0620. The third-order valence-corrected chi connectivity index (χ3v) is 3.75. The summed E-state index contributed by atoms with van der Waals surface area (Å²) < 4.78 is 52.2. The van der Waals surface area contributed by atoms with E-state index in [0.717, 1.165) is 12.1 Å². The highest BCUT2D eigenvalue weighted by molar-refractivity contribution is 5.19. The number of halogens is 4. The van der Waals surface area contributed by atoms with Crippen LogP contribution in [0.25, 0.3) is 0 Å². The molecule has 0 spiro atoms. The SMILES string of the molecule is OC(Cc1ccc(F)cc1F)C1CCC(F)(F)CC1. The van der Waals surface area contributed by atoms with Crippen molar-refractivity contribution in [3.63, 3.8) is 0 Å². The standard InChI is InChI=1S/C14H16F4O/c15-11-2-1-10(12(16)8-11)7-13(19)9-3-5-14(17,18)6-4-9/h1-2,8-9,13,19H,3-7H2. The second kappa shape index (κ2) is 5.49. The zero-order valence-electron chi connectivity index (χ0n) is 10.4. The number of alkyl halides is 2. The molecule has 1 aliphatic carbocycles. The van der Waals surface area contributed by atoms with Crippen molar-refractivity contribution in [1.29, 1.82) is 0 Å². The van der Waals surface area contributed by atoms with Gasteiger partial charge in [0.15, 0.2) is 0 Å². The molecule has 0 saturated heterocycles. The molecular formula is C14H16F4O. The number of aliphatic hydroxyl groups excluding tert-OH is 1. The highest BCUT2D eigenvalue weighted by Gasteiger charge is 2.37. The number of hydrogen-bond donors (Lipinski definition) is 1. The van der Waals surface area contributed by atoms with E-state index in [1.54, 1.807) is 0 Å². The summed E-state index contributed by atoms with van der Waals surface area (Å²) in [7, 11) is 0. The van der Waals surface area contributed by atoms with E-state index in [1.165, 1.54) is 6.07 Å². The van der Waals surface area contributed by atoms with Gasteiger partial charge >= 0.3 is 0 Å². The second-order valence-electron chi connectivity index (χ2n) is 5.20. The van der Waals surface area contributed by atoms with Gasteiger partial charge in [0.1, 0.15) is 11.6 Å². The van der Waals surface area contributed by atoms with E-state index >= 15 is 0 Å². The Morgan fingerprint density at radius 2 is 1.84 bits per heavy atom. The molecule has 1 aromatic rings. The van der Waals surface area contributed by atoms with Crippen LogP contribution in [0, 0.1) is 17.6 Å². The van der Waals surface area contributed by atoms with Crippen LogP contribution in [0.15, 0.2) is 18.2 Å². The lowest BCUT2D eigenvalue weighted by atomic mass is 9.81. The van der Waals surface area contributed by atoms with Crippen molar-refractivity contribution in [2.45, 2.75) is 44.1 Å². The number of benzene rings is 1. The summed E-state index contributed by atoms with van der Waals surface area (Å²) in [6.07, 6.45) is -0.839. The van der Waals surface area contributed by atoms with Crippen LogP contribution in [0.3, 0.4) is 0 Å². The van der Waals surface area contributed by atoms with Crippen molar-refractivity contribution in [2.75, 3.05) is 0 Å². The zero-order valence-corrected chi connectivity index (χ0v) is 10.4. The van der Waals surface area contributed by atoms with Gasteiger partial charge in [-0.15, -0.1) is 0 Å². The smallest absolute Gasteiger partial charge is 0.248 e. The molecule has 1 atom stereocenters. The van der Waals surface area contributed by atoms with Crippen molar-refractivity contribution < 1.29 is 22.7 Å². The number of hydrogen-bond acceptors (Lipinski definition) is 1. The highest BCUT2D eigenvalue weighted by Crippen LogP contribution is 2.38. The molecule has 1 nitrogen and oxygen atoms in total. The Kier molecular flexibility index (Phi) is 4.13. The van der Waals surface area contributed by atoms with Crippen molar-refractivity contribution in [2.24, 2.45) is 5.92 Å². The molecule has 1 saturated carbocycles. The van der Waals surface area contributed by atoms with Crippen LogP contribution in [-0.2, 0) is 6.42 Å². The largest absolute Gasteiger partial charge is 0.392 e. The minimum Gasteiger partial charge on any atom is -0.392 e. The molecule has 0 radical (unpaired) electrons. The predicted molar refractivity (Wildman–Crippen MR) is 63.0 cm³/mol. The minimum absolute atomic E-state index is 0.0301. The van der Waals surface area contributed by atoms with Gasteiger partial charge in [-0.05, 0) is 30.4 Å². The normalized spacial score (nSPS) is 21.3. The molecule has 1 unspecified atom stereocenters. The molecule has 0 aliphatic heterocycles. The fourth-order valence-corrected chi connectivity index (χ4v) is 2.53. The van der Waals surface area contributed by atoms with Crippen molar-refractivity contribution in [3.05, 3.63) is 35.4 Å². The quantitative estimate of drug-likeness (QED) is 0.835. The van der Waals surface area contributed by atoms with Crippen molar-refractivity contribution >= 4 is 0 Å². The van der Waals surface area contributed by atoms with Crippen molar-refractivity contribution in [3.8, 4) is 0 Å². The predicted octanol–water partition coefficient (Wildman–Crippen LogP) is 3.69. The highest BCUT2D eigenvalue weighted by atomic mass is 19.3. The van der Waals surface area contributed by atoms with Gasteiger partial charge in [-0.2, -0.15) is 0 Å². The molecule has 5 heteroatoms. The Balaban J connectivity index is 1.96. The van der Waals surface area contributed by atoms with Gasteiger partial charge in [0.05, 0.1) is 6.10 Å². The summed E-state index contributed by atoms with van der Waals surface area (Å²) in [5, 5.41) is 9.99. The fourth-order valence-electron chi connectivity index (χ4n) is 2.53. The topological polar surface area (TPSA) is 20.2 Å². The Morgan fingerprint density at radius 1 is 1.21 bits per heavy atom. The van der Waals surface area contributed by atoms with E-state index in [0.29, 0.717) is 0 Å². The van der Waals surface area contributed by atoms with E-state index in [-0.39, 0.29) is 43.6 Å². The van der Waals surface area contributed by atoms with Crippen LogP contribution in [0.2, 0.25) is 0 Å². The first-order chi connectivity index (χ1) is 8.87. The molecule has 1 aliphatic rings. The summed E-state index contributed by atoms with van der Waals surface area (Å²) in [6, 6.07) is 3.17. The maximum absolute atomic E-state index is 13.4. The zero-order chi connectivity index (χ0) is 14.0.